The first-order valence-corrected chi connectivity index (χ1v) is 6.85. The molecule has 0 aliphatic carbocycles. The molecule has 0 amide bonds. The van der Waals surface area contributed by atoms with Gasteiger partial charge in [0.2, 0.25) is 0 Å². The molecule has 0 aliphatic rings. The topological polar surface area (TPSA) is 12.0 Å². The van der Waals surface area contributed by atoms with Gasteiger partial charge >= 0.3 is 6.18 Å². The largest absolute Gasteiger partial charge is 0.416 e. The van der Waals surface area contributed by atoms with Gasteiger partial charge in [-0.15, -0.1) is 11.3 Å². The van der Waals surface area contributed by atoms with Crippen LogP contribution in [0.1, 0.15) is 23.4 Å². The molecule has 0 saturated carbocycles. The maximum Gasteiger partial charge on any atom is 0.416 e. The van der Waals surface area contributed by atoms with Gasteiger partial charge in [-0.05, 0) is 37.3 Å². The predicted octanol–water partition coefficient (Wildman–Crippen LogP) is 5.73. The van der Waals surface area contributed by atoms with E-state index in [0.29, 0.717) is 10.4 Å². The molecule has 108 valence electrons. The lowest BCUT2D eigenvalue weighted by atomic mass is 10.1. The van der Waals surface area contributed by atoms with E-state index in [0.717, 1.165) is 17.0 Å². The Hall–Kier alpha value is -1.27. The molecule has 0 radical (unpaired) electrons. The van der Waals surface area contributed by atoms with Gasteiger partial charge in [-0.25, -0.2) is 4.39 Å². The van der Waals surface area contributed by atoms with Crippen LogP contribution in [0, 0.1) is 5.82 Å². The molecule has 1 unspecified atom stereocenters. The fraction of sp³-hybridized carbons (Fsp3) is 0.231. The number of hydrogen-bond acceptors (Lipinski definition) is 2. The molecule has 1 aromatic carbocycles. The Bertz CT molecular complexity index is 609. The Morgan fingerprint density at radius 2 is 1.90 bits per heavy atom. The second kappa shape index (κ2) is 5.61. The third-order valence-corrected chi connectivity index (χ3v) is 4.10. The van der Waals surface area contributed by atoms with Crippen LogP contribution in [0.3, 0.4) is 0 Å². The second-order valence-electron chi connectivity index (χ2n) is 4.20. The molecule has 2 rings (SSSR count). The van der Waals surface area contributed by atoms with Crippen LogP contribution in [-0.4, -0.2) is 0 Å². The minimum atomic E-state index is -4.55. The zero-order valence-electron chi connectivity index (χ0n) is 10.3. The highest BCUT2D eigenvalue weighted by Crippen LogP contribution is 2.33. The van der Waals surface area contributed by atoms with Gasteiger partial charge in [-0.1, -0.05) is 11.6 Å². The molecular formula is C13H10ClF4NS. The van der Waals surface area contributed by atoms with E-state index >= 15 is 0 Å². The Balaban J connectivity index is 2.18. The van der Waals surface area contributed by atoms with E-state index in [9.17, 15) is 17.6 Å². The van der Waals surface area contributed by atoms with Crippen molar-refractivity contribution in [1.29, 1.82) is 0 Å². The quantitative estimate of drug-likeness (QED) is 0.711. The zero-order chi connectivity index (χ0) is 14.9. The van der Waals surface area contributed by atoms with Crippen LogP contribution in [0.5, 0.6) is 0 Å². The molecule has 0 fully saturated rings. The molecule has 0 aliphatic heterocycles. The van der Waals surface area contributed by atoms with Gasteiger partial charge in [0.25, 0.3) is 0 Å². The predicted molar refractivity (Wildman–Crippen MR) is 72.8 cm³/mol. The van der Waals surface area contributed by atoms with Crippen molar-refractivity contribution in [1.82, 2.24) is 0 Å². The van der Waals surface area contributed by atoms with Crippen molar-refractivity contribution in [3.63, 3.8) is 0 Å². The summed E-state index contributed by atoms with van der Waals surface area (Å²) in [6.07, 6.45) is -4.55. The number of anilines is 1. The van der Waals surface area contributed by atoms with Gasteiger partial charge in [-0.2, -0.15) is 13.2 Å². The van der Waals surface area contributed by atoms with E-state index < -0.39 is 17.6 Å². The van der Waals surface area contributed by atoms with Crippen molar-refractivity contribution in [3.05, 3.63) is 50.9 Å². The number of alkyl halides is 3. The zero-order valence-corrected chi connectivity index (χ0v) is 11.8. The van der Waals surface area contributed by atoms with Gasteiger partial charge in [0.05, 0.1) is 21.6 Å². The van der Waals surface area contributed by atoms with Crippen LogP contribution in [0.15, 0.2) is 30.3 Å². The van der Waals surface area contributed by atoms with Crippen molar-refractivity contribution in [2.45, 2.75) is 19.1 Å². The van der Waals surface area contributed by atoms with Gasteiger partial charge in [0, 0.05) is 4.88 Å². The van der Waals surface area contributed by atoms with Crippen molar-refractivity contribution >= 4 is 28.6 Å². The molecule has 1 heterocycles. The summed E-state index contributed by atoms with van der Waals surface area (Å²) >= 11 is 7.13. The molecular weight excluding hydrogens is 314 g/mol. The highest BCUT2D eigenvalue weighted by atomic mass is 35.5. The minimum Gasteiger partial charge on any atom is -0.375 e. The molecule has 1 aromatic heterocycles. The normalized spacial score (nSPS) is 13.3. The number of hydrogen-bond donors (Lipinski definition) is 1. The average Bonchev–Trinajstić information content (AvgIpc) is 2.77. The van der Waals surface area contributed by atoms with Crippen LogP contribution >= 0.6 is 22.9 Å². The molecule has 1 atom stereocenters. The van der Waals surface area contributed by atoms with Crippen LogP contribution < -0.4 is 5.32 Å². The van der Waals surface area contributed by atoms with E-state index in [-0.39, 0.29) is 11.7 Å². The molecule has 0 spiro atoms. The lowest BCUT2D eigenvalue weighted by Gasteiger charge is -2.15. The number of nitrogens with one attached hydrogen (secondary N) is 1. The Morgan fingerprint density at radius 3 is 2.40 bits per heavy atom. The highest BCUT2D eigenvalue weighted by Gasteiger charge is 2.31. The van der Waals surface area contributed by atoms with E-state index in [1.54, 1.807) is 19.1 Å². The van der Waals surface area contributed by atoms with Crippen molar-refractivity contribution in [2.24, 2.45) is 0 Å². The Labute approximate surface area is 122 Å². The maximum atomic E-state index is 13.7. The summed E-state index contributed by atoms with van der Waals surface area (Å²) in [6.45, 7) is 1.78. The van der Waals surface area contributed by atoms with E-state index in [4.69, 9.17) is 11.6 Å². The number of rotatable bonds is 3. The third-order valence-electron chi connectivity index (χ3n) is 2.69. The average molecular weight is 324 g/mol. The van der Waals surface area contributed by atoms with E-state index in [1.807, 2.05) is 0 Å². The van der Waals surface area contributed by atoms with Crippen LogP contribution in [0.25, 0.3) is 0 Å². The van der Waals surface area contributed by atoms with Crippen molar-refractivity contribution in [2.75, 3.05) is 5.32 Å². The first kappa shape index (κ1) is 15.1. The summed E-state index contributed by atoms with van der Waals surface area (Å²) in [7, 11) is 0. The monoisotopic (exact) mass is 323 g/mol. The summed E-state index contributed by atoms with van der Waals surface area (Å²) in [5.41, 5.74) is -0.984. The van der Waals surface area contributed by atoms with E-state index in [1.165, 1.54) is 11.3 Å². The fourth-order valence-corrected chi connectivity index (χ4v) is 2.74. The van der Waals surface area contributed by atoms with Crippen LogP contribution in [0.2, 0.25) is 4.34 Å². The lowest BCUT2D eigenvalue weighted by Crippen LogP contribution is -2.09. The molecule has 0 bridgehead atoms. The Morgan fingerprint density at radius 1 is 1.20 bits per heavy atom. The smallest absolute Gasteiger partial charge is 0.375 e. The summed E-state index contributed by atoms with van der Waals surface area (Å²) in [5, 5.41) is 2.83. The molecule has 20 heavy (non-hydrogen) atoms. The summed E-state index contributed by atoms with van der Waals surface area (Å²) in [6, 6.07) is 5.66. The molecule has 7 heteroatoms. The number of benzene rings is 1. The van der Waals surface area contributed by atoms with Crippen LogP contribution in [0.4, 0.5) is 23.2 Å². The number of thiophene rings is 1. The second-order valence-corrected chi connectivity index (χ2v) is 5.95. The van der Waals surface area contributed by atoms with Crippen molar-refractivity contribution in [3.8, 4) is 0 Å². The SMILES string of the molecule is CC(Nc1ccc(C(F)(F)F)cc1F)c1ccc(Cl)s1. The van der Waals surface area contributed by atoms with E-state index in [2.05, 4.69) is 5.32 Å². The van der Waals surface area contributed by atoms with Gasteiger partial charge in [0.1, 0.15) is 5.82 Å². The summed E-state index contributed by atoms with van der Waals surface area (Å²) in [4.78, 5) is 0.870. The third kappa shape index (κ3) is 3.43. The lowest BCUT2D eigenvalue weighted by molar-refractivity contribution is -0.137. The van der Waals surface area contributed by atoms with Gasteiger partial charge < -0.3 is 5.32 Å². The van der Waals surface area contributed by atoms with Crippen LogP contribution in [-0.2, 0) is 6.18 Å². The summed E-state index contributed by atoms with van der Waals surface area (Å²) in [5.74, 6) is -0.936. The fourth-order valence-electron chi connectivity index (χ4n) is 1.67. The van der Waals surface area contributed by atoms with Gasteiger partial charge in [-0.3, -0.25) is 0 Å². The molecule has 1 nitrogen and oxygen atoms in total. The number of halogens is 5. The first-order chi connectivity index (χ1) is 9.27. The van der Waals surface area contributed by atoms with Crippen molar-refractivity contribution < 1.29 is 17.6 Å². The maximum absolute atomic E-state index is 13.7. The van der Waals surface area contributed by atoms with Gasteiger partial charge in [0.15, 0.2) is 0 Å². The Kier molecular flexibility index (Phi) is 4.25. The minimum absolute atomic E-state index is 0.0232. The molecule has 2 aromatic rings. The first-order valence-electron chi connectivity index (χ1n) is 5.66. The highest BCUT2D eigenvalue weighted by molar-refractivity contribution is 7.16. The molecule has 0 saturated heterocycles. The standard InChI is InChI=1S/C13H10ClF4NS/c1-7(11-4-5-12(14)20-11)19-10-3-2-8(6-9(10)15)13(16,17)18/h2-7,19H,1H3. The summed E-state index contributed by atoms with van der Waals surface area (Å²) < 4.78 is 51.6. The molecule has 1 N–H and O–H groups in total.